The van der Waals surface area contributed by atoms with Gasteiger partial charge in [0, 0.05) is 18.5 Å². The Labute approximate surface area is 87.6 Å². The third kappa shape index (κ3) is 1.62. The number of hydrogen-bond acceptors (Lipinski definition) is 5. The first kappa shape index (κ1) is 9.86. The van der Waals surface area contributed by atoms with Crippen molar-refractivity contribution in [2.24, 2.45) is 5.41 Å². The van der Waals surface area contributed by atoms with Crippen LogP contribution in [0.15, 0.2) is 0 Å². The lowest BCUT2D eigenvalue weighted by Crippen LogP contribution is -2.26. The van der Waals surface area contributed by atoms with Crippen molar-refractivity contribution < 1.29 is 5.11 Å². The van der Waals surface area contributed by atoms with Gasteiger partial charge in [-0.15, -0.1) is 10.2 Å². The maximum Gasteiger partial charge on any atom is 0.208 e. The summed E-state index contributed by atoms with van der Waals surface area (Å²) in [6.07, 6.45) is -0.272. The van der Waals surface area contributed by atoms with Gasteiger partial charge in [-0.1, -0.05) is 25.2 Å². The first-order chi connectivity index (χ1) is 6.49. The minimum absolute atomic E-state index is 0.0421. The normalized spacial score (nSPS) is 25.7. The van der Waals surface area contributed by atoms with Crippen LogP contribution in [0, 0.1) is 12.3 Å². The van der Waals surface area contributed by atoms with Crippen LogP contribution in [0.2, 0.25) is 0 Å². The van der Waals surface area contributed by atoms with E-state index in [2.05, 4.69) is 28.9 Å². The maximum atomic E-state index is 9.81. The molecule has 2 heterocycles. The third-order valence-corrected chi connectivity index (χ3v) is 3.58. The molecule has 1 aromatic heterocycles. The number of aryl methyl sites for hydroxylation is 1. The van der Waals surface area contributed by atoms with E-state index >= 15 is 0 Å². The van der Waals surface area contributed by atoms with Gasteiger partial charge in [-0.3, -0.25) is 0 Å². The van der Waals surface area contributed by atoms with Gasteiger partial charge >= 0.3 is 0 Å². The molecule has 2 rings (SSSR count). The summed E-state index contributed by atoms with van der Waals surface area (Å²) in [5.41, 5.74) is -0.0421. The van der Waals surface area contributed by atoms with Crippen LogP contribution in [0.1, 0.15) is 18.9 Å². The Bertz CT molecular complexity index is 337. The summed E-state index contributed by atoms with van der Waals surface area (Å²) >= 11 is 1.58. The van der Waals surface area contributed by atoms with Gasteiger partial charge in [-0.05, 0) is 6.92 Å². The lowest BCUT2D eigenvalue weighted by molar-refractivity contribution is 0.0964. The van der Waals surface area contributed by atoms with Crippen molar-refractivity contribution in [3.8, 4) is 0 Å². The van der Waals surface area contributed by atoms with Crippen molar-refractivity contribution in [2.75, 3.05) is 18.0 Å². The number of rotatable bonds is 1. The standard InChI is InChI=1S/C9H15N3OS/c1-6-10-11-8(14-6)12-4-7(13)9(2,3)5-12/h7,13H,4-5H2,1-3H3. The minimum Gasteiger partial charge on any atom is -0.391 e. The van der Waals surface area contributed by atoms with E-state index in [9.17, 15) is 5.11 Å². The number of β-amino-alcohol motifs (C(OH)–C–C–N with tert-alkyl or cyclic N) is 1. The Balaban J connectivity index is 2.16. The van der Waals surface area contributed by atoms with Gasteiger partial charge in [0.1, 0.15) is 5.01 Å². The van der Waals surface area contributed by atoms with Crippen molar-refractivity contribution in [3.63, 3.8) is 0 Å². The van der Waals surface area contributed by atoms with Gasteiger partial charge in [0.15, 0.2) is 0 Å². The fourth-order valence-corrected chi connectivity index (χ4v) is 2.37. The van der Waals surface area contributed by atoms with Crippen molar-refractivity contribution in [3.05, 3.63) is 5.01 Å². The topological polar surface area (TPSA) is 49.2 Å². The number of aliphatic hydroxyl groups excluding tert-OH is 1. The van der Waals surface area contributed by atoms with Crippen LogP contribution in [0.25, 0.3) is 0 Å². The fourth-order valence-electron chi connectivity index (χ4n) is 1.68. The molecule has 1 aromatic rings. The highest BCUT2D eigenvalue weighted by Gasteiger charge is 2.39. The zero-order valence-electron chi connectivity index (χ0n) is 8.69. The van der Waals surface area contributed by atoms with Crippen molar-refractivity contribution >= 4 is 16.5 Å². The number of nitrogens with zero attached hydrogens (tertiary/aromatic N) is 3. The van der Waals surface area contributed by atoms with E-state index in [1.807, 2.05) is 6.92 Å². The molecule has 0 bridgehead atoms. The van der Waals surface area contributed by atoms with Crippen LogP contribution in [0.3, 0.4) is 0 Å². The molecule has 1 atom stereocenters. The minimum atomic E-state index is -0.272. The zero-order valence-corrected chi connectivity index (χ0v) is 9.51. The molecule has 1 fully saturated rings. The van der Waals surface area contributed by atoms with E-state index in [4.69, 9.17) is 0 Å². The number of anilines is 1. The summed E-state index contributed by atoms with van der Waals surface area (Å²) in [5, 5.41) is 19.8. The van der Waals surface area contributed by atoms with E-state index < -0.39 is 0 Å². The lowest BCUT2D eigenvalue weighted by Gasteiger charge is -2.20. The lowest BCUT2D eigenvalue weighted by atomic mass is 9.90. The first-order valence-corrected chi connectivity index (χ1v) is 5.54. The van der Waals surface area contributed by atoms with E-state index in [-0.39, 0.29) is 11.5 Å². The van der Waals surface area contributed by atoms with E-state index in [1.165, 1.54) is 0 Å². The predicted molar refractivity (Wildman–Crippen MR) is 56.6 cm³/mol. The number of hydrogen-bond donors (Lipinski definition) is 1. The average Bonchev–Trinajstić information content (AvgIpc) is 2.58. The summed E-state index contributed by atoms with van der Waals surface area (Å²) in [5.74, 6) is 0. The fraction of sp³-hybridized carbons (Fsp3) is 0.778. The number of aliphatic hydroxyl groups is 1. The molecule has 0 spiro atoms. The third-order valence-electron chi connectivity index (χ3n) is 2.68. The smallest absolute Gasteiger partial charge is 0.208 e. The van der Waals surface area contributed by atoms with Crippen LogP contribution >= 0.6 is 11.3 Å². The van der Waals surface area contributed by atoms with Crippen LogP contribution in [0.4, 0.5) is 5.13 Å². The van der Waals surface area contributed by atoms with Crippen LogP contribution in [-0.2, 0) is 0 Å². The largest absolute Gasteiger partial charge is 0.391 e. The molecule has 1 N–H and O–H groups in total. The second-order valence-electron chi connectivity index (χ2n) is 4.49. The molecule has 4 nitrogen and oxygen atoms in total. The quantitative estimate of drug-likeness (QED) is 0.757. The molecule has 0 saturated carbocycles. The molecule has 1 aliphatic heterocycles. The highest BCUT2D eigenvalue weighted by atomic mass is 32.1. The summed E-state index contributed by atoms with van der Waals surface area (Å²) in [6, 6.07) is 0. The summed E-state index contributed by atoms with van der Waals surface area (Å²) in [6.45, 7) is 7.61. The van der Waals surface area contributed by atoms with Crippen LogP contribution in [-0.4, -0.2) is 34.5 Å². The molecular formula is C9H15N3OS. The van der Waals surface area contributed by atoms with Crippen LogP contribution < -0.4 is 4.90 Å². The molecule has 5 heteroatoms. The Kier molecular flexibility index (Phi) is 2.23. The molecule has 14 heavy (non-hydrogen) atoms. The average molecular weight is 213 g/mol. The molecule has 1 unspecified atom stereocenters. The highest BCUT2D eigenvalue weighted by Crippen LogP contribution is 2.33. The van der Waals surface area contributed by atoms with Gasteiger partial charge in [0.25, 0.3) is 0 Å². The van der Waals surface area contributed by atoms with Gasteiger partial charge in [-0.25, -0.2) is 0 Å². The Hall–Kier alpha value is -0.680. The van der Waals surface area contributed by atoms with Gasteiger partial charge in [-0.2, -0.15) is 0 Å². The summed E-state index contributed by atoms with van der Waals surface area (Å²) in [7, 11) is 0. The zero-order chi connectivity index (χ0) is 10.3. The van der Waals surface area contributed by atoms with E-state index in [0.29, 0.717) is 6.54 Å². The Morgan fingerprint density at radius 3 is 2.64 bits per heavy atom. The van der Waals surface area contributed by atoms with Crippen LogP contribution in [0.5, 0.6) is 0 Å². The predicted octanol–water partition coefficient (Wildman–Crippen LogP) is 1.05. The highest BCUT2D eigenvalue weighted by molar-refractivity contribution is 7.15. The van der Waals surface area contributed by atoms with E-state index in [1.54, 1.807) is 11.3 Å². The Morgan fingerprint density at radius 1 is 1.50 bits per heavy atom. The van der Waals surface area contributed by atoms with E-state index in [0.717, 1.165) is 16.7 Å². The molecule has 1 saturated heterocycles. The van der Waals surface area contributed by atoms with Crippen molar-refractivity contribution in [2.45, 2.75) is 26.9 Å². The van der Waals surface area contributed by atoms with Gasteiger partial charge in [0.05, 0.1) is 6.10 Å². The first-order valence-electron chi connectivity index (χ1n) is 4.72. The summed E-state index contributed by atoms with van der Waals surface area (Å²) in [4.78, 5) is 2.11. The molecule has 78 valence electrons. The van der Waals surface area contributed by atoms with Gasteiger partial charge in [0.2, 0.25) is 5.13 Å². The molecule has 0 amide bonds. The van der Waals surface area contributed by atoms with Crippen molar-refractivity contribution in [1.82, 2.24) is 10.2 Å². The maximum absolute atomic E-state index is 9.81. The van der Waals surface area contributed by atoms with Gasteiger partial charge < -0.3 is 10.0 Å². The second kappa shape index (κ2) is 3.17. The molecule has 0 aromatic carbocycles. The Morgan fingerprint density at radius 2 is 2.21 bits per heavy atom. The molecular weight excluding hydrogens is 198 g/mol. The number of aromatic nitrogens is 2. The molecule has 1 aliphatic rings. The SMILES string of the molecule is Cc1nnc(N2CC(O)C(C)(C)C2)s1. The van der Waals surface area contributed by atoms with Crippen molar-refractivity contribution in [1.29, 1.82) is 0 Å². The monoisotopic (exact) mass is 213 g/mol. The second-order valence-corrected chi connectivity index (χ2v) is 5.65. The molecule has 0 aliphatic carbocycles. The summed E-state index contributed by atoms with van der Waals surface area (Å²) < 4.78 is 0. The molecule has 0 radical (unpaired) electrons.